The van der Waals surface area contributed by atoms with Crippen LogP contribution in [0, 0.1) is 0 Å². The van der Waals surface area contributed by atoms with Gasteiger partial charge in [0.1, 0.15) is 6.61 Å². The third-order valence-corrected chi connectivity index (χ3v) is 3.09. The number of para-hydroxylation sites is 3. The molecule has 0 unspecified atom stereocenters. The van der Waals surface area contributed by atoms with Crippen molar-refractivity contribution >= 4 is 17.6 Å². The van der Waals surface area contributed by atoms with Gasteiger partial charge in [0.2, 0.25) is 0 Å². The van der Waals surface area contributed by atoms with Gasteiger partial charge in [0.05, 0.1) is 0 Å². The molecule has 2 aromatic rings. The molecule has 23 heavy (non-hydrogen) atoms. The van der Waals surface area contributed by atoms with Crippen molar-refractivity contribution in [1.29, 1.82) is 0 Å². The van der Waals surface area contributed by atoms with Crippen LogP contribution >= 0.6 is 0 Å². The van der Waals surface area contributed by atoms with E-state index in [1.54, 1.807) is 36.4 Å². The zero-order valence-corrected chi connectivity index (χ0v) is 12.1. The lowest BCUT2D eigenvalue weighted by Crippen LogP contribution is -2.41. The fourth-order valence-corrected chi connectivity index (χ4v) is 1.98. The molecule has 0 saturated heterocycles. The van der Waals surface area contributed by atoms with E-state index in [2.05, 4.69) is 10.5 Å². The number of carbonyl (C=O) groups is 1. The van der Waals surface area contributed by atoms with Crippen LogP contribution in [0.2, 0.25) is 0 Å². The molecule has 0 aliphatic carbocycles. The Balaban J connectivity index is 1.57. The Morgan fingerprint density at radius 2 is 1.83 bits per heavy atom. The average Bonchev–Trinajstić information content (AvgIpc) is 2.60. The number of oxime groups is 1. The predicted octanol–water partition coefficient (Wildman–Crippen LogP) is 2.35. The third-order valence-electron chi connectivity index (χ3n) is 3.09. The molecule has 3 N–H and O–H groups in total. The van der Waals surface area contributed by atoms with Gasteiger partial charge >= 0.3 is 6.09 Å². The van der Waals surface area contributed by atoms with E-state index in [0.717, 1.165) is 0 Å². The molecule has 0 spiro atoms. The second kappa shape index (κ2) is 6.69. The Hall–Kier alpha value is -3.22. The van der Waals surface area contributed by atoms with Crippen molar-refractivity contribution in [2.75, 3.05) is 11.9 Å². The van der Waals surface area contributed by atoms with Crippen LogP contribution in [0.1, 0.15) is 0 Å². The maximum Gasteiger partial charge on any atom is 0.437 e. The number of fused-ring (bicyclic) bond motifs is 1. The van der Waals surface area contributed by atoms with Gasteiger partial charge in [-0.25, -0.2) is 4.79 Å². The summed E-state index contributed by atoms with van der Waals surface area (Å²) < 4.78 is 11.2. The molecule has 118 valence electrons. The molecule has 0 bridgehead atoms. The van der Waals surface area contributed by atoms with Gasteiger partial charge in [-0.2, -0.15) is 0 Å². The normalized spacial score (nSPS) is 16.5. The number of amidine groups is 1. The van der Waals surface area contributed by atoms with E-state index in [4.69, 9.17) is 20.0 Å². The minimum absolute atomic E-state index is 0.0164. The largest absolute Gasteiger partial charge is 0.485 e. The van der Waals surface area contributed by atoms with Crippen molar-refractivity contribution in [2.45, 2.75) is 6.10 Å². The lowest BCUT2D eigenvalue weighted by atomic mass is 10.2. The highest BCUT2D eigenvalue weighted by atomic mass is 16.7. The van der Waals surface area contributed by atoms with E-state index in [1.165, 1.54) is 0 Å². The number of nitrogens with one attached hydrogen (secondary N) is 1. The maximum atomic E-state index is 11.6. The smallest absolute Gasteiger partial charge is 0.437 e. The van der Waals surface area contributed by atoms with Crippen molar-refractivity contribution in [3.63, 3.8) is 0 Å². The number of ether oxygens (including phenoxy) is 2. The maximum absolute atomic E-state index is 11.6. The fourth-order valence-electron chi connectivity index (χ4n) is 1.98. The van der Waals surface area contributed by atoms with Crippen molar-refractivity contribution in [2.24, 2.45) is 10.9 Å². The first-order chi connectivity index (χ1) is 11.2. The molecule has 1 atom stereocenters. The molecule has 7 heteroatoms. The monoisotopic (exact) mass is 313 g/mol. The molecule has 0 fully saturated rings. The zero-order valence-electron chi connectivity index (χ0n) is 12.1. The molecule has 0 radical (unpaired) electrons. The molecule has 0 aromatic heterocycles. The summed E-state index contributed by atoms with van der Waals surface area (Å²) in [5.74, 6) is 1.22. The van der Waals surface area contributed by atoms with E-state index in [9.17, 15) is 4.79 Å². The summed E-state index contributed by atoms with van der Waals surface area (Å²) in [6, 6.07) is 16.1. The number of hydrogen-bond acceptors (Lipinski definition) is 5. The molecular formula is C16H15N3O4. The number of anilines is 1. The van der Waals surface area contributed by atoms with Crippen LogP contribution in [-0.2, 0) is 4.84 Å². The zero-order chi connectivity index (χ0) is 16.1. The van der Waals surface area contributed by atoms with Crippen LogP contribution in [0.15, 0.2) is 59.8 Å². The van der Waals surface area contributed by atoms with Gasteiger partial charge in [0, 0.05) is 5.69 Å². The molecule has 3 rings (SSSR count). The van der Waals surface area contributed by atoms with E-state index >= 15 is 0 Å². The molecule has 1 aliphatic rings. The van der Waals surface area contributed by atoms with Crippen LogP contribution in [0.25, 0.3) is 0 Å². The number of nitrogens with two attached hydrogens (primary N) is 1. The summed E-state index contributed by atoms with van der Waals surface area (Å²) in [7, 11) is 0. The Morgan fingerprint density at radius 3 is 2.61 bits per heavy atom. The Kier molecular flexibility index (Phi) is 4.28. The molecule has 1 aliphatic heterocycles. The lowest BCUT2D eigenvalue weighted by Gasteiger charge is -2.25. The Bertz CT molecular complexity index is 718. The van der Waals surface area contributed by atoms with Crippen LogP contribution in [-0.4, -0.2) is 24.6 Å². The minimum Gasteiger partial charge on any atom is -0.485 e. The van der Waals surface area contributed by atoms with Crippen LogP contribution in [0.4, 0.5) is 10.5 Å². The second-order valence-electron chi connectivity index (χ2n) is 4.75. The van der Waals surface area contributed by atoms with Gasteiger partial charge in [-0.15, -0.1) is 0 Å². The highest BCUT2D eigenvalue weighted by molar-refractivity contribution is 5.88. The molecule has 2 aromatic carbocycles. The van der Waals surface area contributed by atoms with Crippen molar-refractivity contribution in [1.82, 2.24) is 0 Å². The van der Waals surface area contributed by atoms with E-state index < -0.39 is 12.2 Å². The Labute approximate surface area is 132 Å². The predicted molar refractivity (Wildman–Crippen MR) is 84.5 cm³/mol. The summed E-state index contributed by atoms with van der Waals surface area (Å²) in [4.78, 5) is 16.4. The molecular weight excluding hydrogens is 298 g/mol. The molecule has 7 nitrogen and oxygen atoms in total. The SMILES string of the molecule is N/C(=N\OC(=O)Nc1ccccc1)[C@@H]1COc2ccccc2O1. The number of rotatable bonds is 3. The van der Waals surface area contributed by atoms with Gasteiger partial charge in [-0.05, 0) is 24.3 Å². The average molecular weight is 313 g/mol. The van der Waals surface area contributed by atoms with Crippen LogP contribution in [0.3, 0.4) is 0 Å². The van der Waals surface area contributed by atoms with Gasteiger partial charge < -0.3 is 15.2 Å². The first-order valence-corrected chi connectivity index (χ1v) is 6.97. The van der Waals surface area contributed by atoms with Gasteiger partial charge in [-0.3, -0.25) is 10.2 Å². The van der Waals surface area contributed by atoms with Crippen LogP contribution in [0.5, 0.6) is 11.5 Å². The van der Waals surface area contributed by atoms with Crippen molar-refractivity contribution in [3.05, 3.63) is 54.6 Å². The molecule has 0 saturated carbocycles. The number of amides is 1. The number of nitrogens with zero attached hydrogens (tertiary/aromatic N) is 1. The summed E-state index contributed by atoms with van der Waals surface area (Å²) >= 11 is 0. The third kappa shape index (κ3) is 3.70. The Morgan fingerprint density at radius 1 is 1.13 bits per heavy atom. The van der Waals surface area contributed by atoms with Gasteiger partial charge in [-0.1, -0.05) is 35.5 Å². The fraction of sp³-hybridized carbons (Fsp3) is 0.125. The van der Waals surface area contributed by atoms with Crippen molar-refractivity contribution < 1.29 is 19.1 Å². The van der Waals surface area contributed by atoms with Crippen molar-refractivity contribution in [3.8, 4) is 11.5 Å². The quantitative estimate of drug-likeness (QED) is 0.392. The first kappa shape index (κ1) is 14.7. The lowest BCUT2D eigenvalue weighted by molar-refractivity contribution is 0.127. The summed E-state index contributed by atoms with van der Waals surface area (Å²) in [5, 5.41) is 6.11. The molecule has 1 amide bonds. The first-order valence-electron chi connectivity index (χ1n) is 6.97. The van der Waals surface area contributed by atoms with E-state index in [1.807, 2.05) is 18.2 Å². The summed E-state index contributed by atoms with van der Waals surface area (Å²) in [6.07, 6.45) is -1.36. The van der Waals surface area contributed by atoms with Crippen LogP contribution < -0.4 is 20.5 Å². The summed E-state index contributed by atoms with van der Waals surface area (Å²) in [5.41, 5.74) is 6.38. The number of carbonyl (C=O) groups excluding carboxylic acids is 1. The minimum atomic E-state index is -0.740. The van der Waals surface area contributed by atoms with E-state index in [0.29, 0.717) is 17.2 Å². The highest BCUT2D eigenvalue weighted by Crippen LogP contribution is 2.30. The number of benzene rings is 2. The van der Waals surface area contributed by atoms with Gasteiger partial charge in [0.25, 0.3) is 0 Å². The number of hydrogen-bond donors (Lipinski definition) is 2. The summed E-state index contributed by atoms with van der Waals surface area (Å²) in [6.45, 7) is 0.190. The van der Waals surface area contributed by atoms with E-state index in [-0.39, 0.29) is 12.4 Å². The second-order valence-corrected chi connectivity index (χ2v) is 4.75. The topological polar surface area (TPSA) is 95.2 Å². The molecule has 1 heterocycles. The highest BCUT2D eigenvalue weighted by Gasteiger charge is 2.24. The standard InChI is InChI=1S/C16H15N3O4/c17-15(14-10-21-12-8-4-5-9-13(12)22-14)19-23-16(20)18-11-6-2-1-3-7-11/h1-9,14H,10H2,(H2,17,19)(H,18,20)/t14-/m0/s1. The van der Waals surface area contributed by atoms with Gasteiger partial charge in [0.15, 0.2) is 23.4 Å².